The van der Waals surface area contributed by atoms with Crippen LogP contribution >= 0.6 is 22.7 Å². The smallest absolute Gasteiger partial charge is 0.304 e. The molecule has 0 aliphatic rings. The summed E-state index contributed by atoms with van der Waals surface area (Å²) in [6, 6.07) is 2.89. The van der Waals surface area contributed by atoms with E-state index in [1.54, 1.807) is 0 Å². The van der Waals surface area contributed by atoms with Gasteiger partial charge in [-0.05, 0) is 28.8 Å². The van der Waals surface area contributed by atoms with Crippen molar-refractivity contribution in [3.05, 3.63) is 38.6 Å². The maximum Gasteiger partial charge on any atom is 0.304 e. The molecule has 3 N–H and O–H groups in total. The molecule has 0 aromatic carbocycles. The molecule has 2 aromatic rings. The summed E-state index contributed by atoms with van der Waals surface area (Å²) in [7, 11) is -3.76. The van der Waals surface area contributed by atoms with Gasteiger partial charge in [-0.15, -0.1) is 0 Å². The largest absolute Gasteiger partial charge is 0.385 e. The molecule has 20 heavy (non-hydrogen) atoms. The van der Waals surface area contributed by atoms with E-state index in [2.05, 4.69) is 4.72 Å². The maximum absolute atomic E-state index is 12.0. The summed E-state index contributed by atoms with van der Waals surface area (Å²) < 4.78 is 26.2. The van der Waals surface area contributed by atoms with Crippen LogP contribution in [0.1, 0.15) is 5.56 Å². The zero-order valence-corrected chi connectivity index (χ0v) is 12.6. The molecule has 0 radical (unpaired) electrons. The minimum atomic E-state index is -3.76. The van der Waals surface area contributed by atoms with Gasteiger partial charge in [0.05, 0.1) is 4.92 Å². The lowest BCUT2D eigenvalue weighted by atomic mass is 10.2. The lowest BCUT2D eigenvalue weighted by Gasteiger charge is -2.03. The fraction of sp³-hybridized carbons (Fsp3) is 0.200. The maximum atomic E-state index is 12.0. The Morgan fingerprint density at radius 1 is 1.45 bits per heavy atom. The number of nitrogen functional groups attached to an aromatic ring is 1. The van der Waals surface area contributed by atoms with Crippen LogP contribution in [0.3, 0.4) is 0 Å². The molecule has 0 unspecified atom stereocenters. The number of nitro groups is 1. The number of rotatable bonds is 6. The third-order valence-corrected chi connectivity index (χ3v) is 6.09. The highest BCUT2D eigenvalue weighted by Gasteiger charge is 2.24. The first kappa shape index (κ1) is 14.9. The molecular weight excluding hydrogens is 322 g/mol. The molecule has 0 spiro atoms. The van der Waals surface area contributed by atoms with Crippen molar-refractivity contribution in [3.63, 3.8) is 0 Å². The van der Waals surface area contributed by atoms with Crippen LogP contribution in [0.15, 0.2) is 27.1 Å². The second kappa shape index (κ2) is 5.87. The van der Waals surface area contributed by atoms with E-state index < -0.39 is 14.9 Å². The normalized spacial score (nSPS) is 11.6. The molecule has 2 rings (SSSR count). The molecule has 0 fully saturated rings. The third-order valence-electron chi connectivity index (χ3n) is 2.46. The van der Waals surface area contributed by atoms with Crippen molar-refractivity contribution < 1.29 is 13.3 Å². The monoisotopic (exact) mass is 333 g/mol. The van der Waals surface area contributed by atoms with Crippen LogP contribution in [0.2, 0.25) is 0 Å². The molecule has 0 saturated carbocycles. The summed E-state index contributed by atoms with van der Waals surface area (Å²) in [6.07, 6.45) is 0.561. The van der Waals surface area contributed by atoms with Crippen molar-refractivity contribution >= 4 is 43.4 Å². The Morgan fingerprint density at radius 3 is 2.75 bits per heavy atom. The zero-order valence-electron chi connectivity index (χ0n) is 10.1. The highest BCUT2D eigenvalue weighted by atomic mass is 32.2. The van der Waals surface area contributed by atoms with Crippen molar-refractivity contribution in [2.45, 2.75) is 10.6 Å². The predicted octanol–water partition coefficient (Wildman–Crippen LogP) is 1.82. The Balaban J connectivity index is 2.06. The van der Waals surface area contributed by atoms with E-state index in [1.807, 2.05) is 16.8 Å². The van der Waals surface area contributed by atoms with Crippen molar-refractivity contribution in [2.24, 2.45) is 0 Å². The Kier molecular flexibility index (Phi) is 4.38. The van der Waals surface area contributed by atoms with Crippen molar-refractivity contribution in [3.8, 4) is 0 Å². The van der Waals surface area contributed by atoms with Gasteiger partial charge in [0.1, 0.15) is 4.21 Å². The summed E-state index contributed by atoms with van der Waals surface area (Å²) in [6.45, 7) is 0.227. The first-order valence-electron chi connectivity index (χ1n) is 5.44. The molecule has 2 aromatic heterocycles. The third kappa shape index (κ3) is 3.33. The number of nitrogens with two attached hydrogens (primary N) is 1. The van der Waals surface area contributed by atoms with Gasteiger partial charge in [-0.2, -0.15) is 11.3 Å². The van der Waals surface area contributed by atoms with Crippen LogP contribution in [0.4, 0.5) is 10.7 Å². The highest BCUT2D eigenvalue weighted by molar-refractivity contribution is 7.91. The van der Waals surface area contributed by atoms with E-state index in [1.165, 1.54) is 11.3 Å². The van der Waals surface area contributed by atoms with Gasteiger partial charge in [-0.1, -0.05) is 11.3 Å². The van der Waals surface area contributed by atoms with E-state index in [0.717, 1.165) is 11.6 Å². The van der Waals surface area contributed by atoms with Gasteiger partial charge < -0.3 is 5.73 Å². The van der Waals surface area contributed by atoms with Gasteiger partial charge in [0, 0.05) is 12.6 Å². The second-order valence-electron chi connectivity index (χ2n) is 3.85. The highest BCUT2D eigenvalue weighted by Crippen LogP contribution is 2.34. The minimum Gasteiger partial charge on any atom is -0.385 e. The number of nitrogens with zero attached hydrogens (tertiary/aromatic N) is 1. The average Bonchev–Trinajstić information content (AvgIpc) is 2.98. The lowest BCUT2D eigenvalue weighted by molar-refractivity contribution is -0.383. The second-order valence-corrected chi connectivity index (χ2v) is 7.71. The molecule has 0 atom stereocenters. The Morgan fingerprint density at radius 2 is 2.20 bits per heavy atom. The standard InChI is InChI=1S/C10H11N3O4S3/c11-10-8(13(14)15)5-9(19-10)20(16,17)12-3-1-7-2-4-18-6-7/h2,4-6,12H,1,3,11H2. The first-order valence-corrected chi connectivity index (χ1v) is 8.69. The van der Waals surface area contributed by atoms with Crippen LogP contribution in [0, 0.1) is 10.1 Å². The van der Waals surface area contributed by atoms with E-state index in [-0.39, 0.29) is 21.4 Å². The fourth-order valence-corrected chi connectivity index (χ4v) is 4.48. The van der Waals surface area contributed by atoms with E-state index >= 15 is 0 Å². The number of nitrogens with one attached hydrogen (secondary N) is 1. The summed E-state index contributed by atoms with van der Waals surface area (Å²) in [5.74, 6) is 0. The van der Waals surface area contributed by atoms with E-state index in [9.17, 15) is 18.5 Å². The van der Waals surface area contributed by atoms with Gasteiger partial charge in [-0.25, -0.2) is 13.1 Å². The molecule has 0 bridgehead atoms. The first-order chi connectivity index (χ1) is 9.40. The van der Waals surface area contributed by atoms with Crippen LogP contribution < -0.4 is 10.5 Å². The molecule has 0 amide bonds. The fourth-order valence-electron chi connectivity index (χ4n) is 1.48. The quantitative estimate of drug-likeness (QED) is 0.618. The summed E-state index contributed by atoms with van der Waals surface area (Å²) >= 11 is 2.22. The van der Waals surface area contributed by atoms with E-state index in [0.29, 0.717) is 17.8 Å². The minimum absolute atomic E-state index is 0.117. The number of thiophene rings is 2. The molecule has 7 nitrogen and oxygen atoms in total. The Hall–Kier alpha value is -1.49. The van der Waals surface area contributed by atoms with E-state index in [4.69, 9.17) is 5.73 Å². The van der Waals surface area contributed by atoms with Crippen LogP contribution in [0.25, 0.3) is 0 Å². The Labute approximate surface area is 123 Å². The molecule has 2 heterocycles. The van der Waals surface area contributed by atoms with Crippen molar-refractivity contribution in [1.29, 1.82) is 0 Å². The topological polar surface area (TPSA) is 115 Å². The summed E-state index contributed by atoms with van der Waals surface area (Å²) in [4.78, 5) is 9.95. The van der Waals surface area contributed by atoms with Gasteiger partial charge in [0.25, 0.3) is 0 Å². The summed E-state index contributed by atoms with van der Waals surface area (Å²) in [5.41, 5.74) is 6.09. The molecule has 10 heteroatoms. The van der Waals surface area contributed by atoms with Gasteiger partial charge in [0.2, 0.25) is 10.0 Å². The molecule has 108 valence electrons. The number of hydrogen-bond acceptors (Lipinski definition) is 7. The zero-order chi connectivity index (χ0) is 14.8. The molecule has 0 aliphatic heterocycles. The van der Waals surface area contributed by atoms with Crippen molar-refractivity contribution in [1.82, 2.24) is 4.72 Å². The molecule has 0 aliphatic carbocycles. The predicted molar refractivity (Wildman–Crippen MR) is 78.6 cm³/mol. The number of sulfonamides is 1. The van der Waals surface area contributed by atoms with Gasteiger partial charge in [0.15, 0.2) is 5.00 Å². The lowest BCUT2D eigenvalue weighted by Crippen LogP contribution is -2.25. The molecule has 0 saturated heterocycles. The SMILES string of the molecule is Nc1sc(S(=O)(=O)NCCc2ccsc2)cc1[N+](=O)[O-]. The number of anilines is 1. The van der Waals surface area contributed by atoms with Gasteiger partial charge in [-0.3, -0.25) is 10.1 Å². The average molecular weight is 333 g/mol. The van der Waals surface area contributed by atoms with Crippen molar-refractivity contribution in [2.75, 3.05) is 12.3 Å². The Bertz CT molecular complexity index is 706. The van der Waals surface area contributed by atoms with Crippen LogP contribution in [-0.4, -0.2) is 19.9 Å². The van der Waals surface area contributed by atoms with Crippen LogP contribution in [0.5, 0.6) is 0 Å². The van der Waals surface area contributed by atoms with Crippen LogP contribution in [-0.2, 0) is 16.4 Å². The molecular formula is C10H11N3O4S3. The van der Waals surface area contributed by atoms with Gasteiger partial charge >= 0.3 is 5.69 Å². The summed E-state index contributed by atoms with van der Waals surface area (Å²) in [5, 5.41) is 14.4. The number of hydrogen-bond donors (Lipinski definition) is 2.